The minimum absolute atomic E-state index is 0.0726. The summed E-state index contributed by atoms with van der Waals surface area (Å²) in [5.41, 5.74) is 2.16. The average molecular weight is 412 g/mol. The molecule has 0 aliphatic carbocycles. The van der Waals surface area contributed by atoms with E-state index in [2.05, 4.69) is 20.5 Å². The number of carbonyl (C=O) groups is 2. The molecule has 0 atom stereocenters. The van der Waals surface area contributed by atoms with Crippen LogP contribution in [0.5, 0.6) is 5.75 Å². The third kappa shape index (κ3) is 4.64. The van der Waals surface area contributed by atoms with Gasteiger partial charge in [0.1, 0.15) is 12.0 Å². The van der Waals surface area contributed by atoms with Crippen LogP contribution in [-0.2, 0) is 17.8 Å². The van der Waals surface area contributed by atoms with E-state index >= 15 is 0 Å². The molecule has 8 nitrogen and oxygen atoms in total. The largest absolute Gasteiger partial charge is 0.497 e. The number of nitrogens with zero attached hydrogens (tertiary/aromatic N) is 2. The number of hydrogen-bond acceptors (Lipinski definition) is 7. The van der Waals surface area contributed by atoms with Gasteiger partial charge in [0.15, 0.2) is 5.13 Å². The van der Waals surface area contributed by atoms with Crippen LogP contribution < -0.4 is 15.4 Å². The van der Waals surface area contributed by atoms with Crippen molar-refractivity contribution in [2.24, 2.45) is 0 Å². The van der Waals surface area contributed by atoms with Gasteiger partial charge in [0, 0.05) is 30.1 Å². The minimum atomic E-state index is -0.249. The van der Waals surface area contributed by atoms with Crippen LogP contribution >= 0.6 is 11.3 Å². The second-order valence-corrected chi connectivity index (χ2v) is 7.68. The molecule has 1 aliphatic heterocycles. The van der Waals surface area contributed by atoms with E-state index in [9.17, 15) is 9.59 Å². The monoisotopic (exact) mass is 412 g/mol. The molecular formula is C20H20N4O4S. The highest BCUT2D eigenvalue weighted by atomic mass is 32.1. The molecule has 9 heteroatoms. The van der Waals surface area contributed by atoms with Crippen molar-refractivity contribution >= 4 is 34.0 Å². The highest BCUT2D eigenvalue weighted by Crippen LogP contribution is 2.28. The molecule has 0 unspecified atom stereocenters. The predicted molar refractivity (Wildman–Crippen MR) is 109 cm³/mol. The van der Waals surface area contributed by atoms with Crippen LogP contribution in [0.4, 0.5) is 10.8 Å². The Morgan fingerprint density at radius 3 is 2.79 bits per heavy atom. The number of furan rings is 1. The molecule has 0 bridgehead atoms. The molecule has 29 heavy (non-hydrogen) atoms. The number of anilines is 2. The lowest BCUT2D eigenvalue weighted by Gasteiger charge is -2.25. The summed E-state index contributed by atoms with van der Waals surface area (Å²) in [7, 11) is 1.60. The Balaban J connectivity index is 1.32. The quantitative estimate of drug-likeness (QED) is 0.646. The summed E-state index contributed by atoms with van der Waals surface area (Å²) in [5, 5.41) is 6.26. The number of amides is 2. The van der Waals surface area contributed by atoms with Crippen LogP contribution in [0.2, 0.25) is 0 Å². The van der Waals surface area contributed by atoms with Gasteiger partial charge >= 0.3 is 0 Å². The van der Waals surface area contributed by atoms with Crippen molar-refractivity contribution in [1.29, 1.82) is 0 Å². The van der Waals surface area contributed by atoms with Crippen molar-refractivity contribution in [3.8, 4) is 5.75 Å². The molecule has 0 fully saturated rings. The molecule has 3 aromatic rings. The predicted octanol–water partition coefficient (Wildman–Crippen LogP) is 2.99. The fourth-order valence-corrected chi connectivity index (χ4v) is 4.12. The van der Waals surface area contributed by atoms with Crippen molar-refractivity contribution in [2.75, 3.05) is 30.8 Å². The fourth-order valence-electron chi connectivity index (χ4n) is 3.08. The molecule has 1 aliphatic rings. The Kier molecular flexibility index (Phi) is 5.59. The molecule has 4 rings (SSSR count). The number of thiazole rings is 1. The summed E-state index contributed by atoms with van der Waals surface area (Å²) >= 11 is 1.44. The SMILES string of the molecule is COc1ccc(NC(=O)CN2CCc3nc(NC(=O)c4ccoc4)sc3C2)cc1. The van der Waals surface area contributed by atoms with Crippen LogP contribution in [-0.4, -0.2) is 41.9 Å². The smallest absolute Gasteiger partial charge is 0.260 e. The number of aromatic nitrogens is 1. The van der Waals surface area contributed by atoms with Crippen molar-refractivity contribution < 1.29 is 18.7 Å². The number of carbonyl (C=O) groups excluding carboxylic acids is 2. The summed E-state index contributed by atoms with van der Waals surface area (Å²) in [4.78, 5) is 32.2. The highest BCUT2D eigenvalue weighted by Gasteiger charge is 2.23. The van der Waals surface area contributed by atoms with Gasteiger partial charge in [-0.15, -0.1) is 11.3 Å². The summed E-state index contributed by atoms with van der Waals surface area (Å²) in [6, 6.07) is 8.83. The van der Waals surface area contributed by atoms with Crippen molar-refractivity contribution in [3.05, 3.63) is 59.0 Å². The van der Waals surface area contributed by atoms with Gasteiger partial charge in [-0.1, -0.05) is 0 Å². The zero-order valence-corrected chi connectivity index (χ0v) is 16.6. The van der Waals surface area contributed by atoms with E-state index in [1.54, 1.807) is 25.3 Å². The first-order valence-corrected chi connectivity index (χ1v) is 9.91. The van der Waals surface area contributed by atoms with Gasteiger partial charge in [-0.3, -0.25) is 19.8 Å². The van der Waals surface area contributed by atoms with Gasteiger partial charge in [0.25, 0.3) is 5.91 Å². The highest BCUT2D eigenvalue weighted by molar-refractivity contribution is 7.15. The topological polar surface area (TPSA) is 96.7 Å². The van der Waals surface area contributed by atoms with Gasteiger partial charge in [-0.25, -0.2) is 4.98 Å². The number of benzene rings is 1. The lowest BCUT2D eigenvalue weighted by Crippen LogP contribution is -2.36. The Hall–Kier alpha value is -3.17. The second kappa shape index (κ2) is 8.46. The molecule has 2 N–H and O–H groups in total. The van der Waals surface area contributed by atoms with Gasteiger partial charge in [0.05, 0.1) is 31.2 Å². The van der Waals surface area contributed by atoms with E-state index in [-0.39, 0.29) is 11.8 Å². The first-order valence-electron chi connectivity index (χ1n) is 9.09. The third-order valence-electron chi connectivity index (χ3n) is 4.56. The molecule has 150 valence electrons. The van der Waals surface area contributed by atoms with Crippen LogP contribution in [0.3, 0.4) is 0 Å². The maximum Gasteiger partial charge on any atom is 0.260 e. The first kappa shape index (κ1) is 19.2. The molecule has 0 saturated heterocycles. The number of ether oxygens (including phenoxy) is 1. The molecule has 2 amide bonds. The van der Waals surface area contributed by atoms with E-state index < -0.39 is 0 Å². The van der Waals surface area contributed by atoms with E-state index in [1.807, 2.05) is 12.1 Å². The van der Waals surface area contributed by atoms with Crippen molar-refractivity contribution in [2.45, 2.75) is 13.0 Å². The van der Waals surface area contributed by atoms with Crippen LogP contribution in [0.15, 0.2) is 47.3 Å². The summed E-state index contributed by atoms with van der Waals surface area (Å²) in [5.74, 6) is 0.421. The molecule has 0 spiro atoms. The van der Waals surface area contributed by atoms with Gasteiger partial charge < -0.3 is 14.5 Å². The summed E-state index contributed by atoms with van der Waals surface area (Å²) in [6.45, 7) is 1.66. The number of fused-ring (bicyclic) bond motifs is 1. The van der Waals surface area contributed by atoms with E-state index in [0.717, 1.165) is 35.0 Å². The molecular weight excluding hydrogens is 392 g/mol. The van der Waals surface area contributed by atoms with E-state index in [0.29, 0.717) is 23.8 Å². The maximum atomic E-state index is 12.4. The number of methoxy groups -OCH3 is 1. The standard InChI is InChI=1S/C20H20N4O4S/c1-27-15-4-2-14(3-5-15)21-18(25)11-24-8-6-16-17(10-24)29-20(22-16)23-19(26)13-7-9-28-12-13/h2-5,7,9,12H,6,8,10-11H2,1H3,(H,21,25)(H,22,23,26). The Morgan fingerprint density at radius 2 is 2.07 bits per heavy atom. The van der Waals surface area contributed by atoms with Crippen LogP contribution in [0.25, 0.3) is 0 Å². The Labute approximate surface area is 171 Å². The van der Waals surface area contributed by atoms with Crippen molar-refractivity contribution in [3.63, 3.8) is 0 Å². The molecule has 3 heterocycles. The maximum absolute atomic E-state index is 12.4. The average Bonchev–Trinajstić information content (AvgIpc) is 3.37. The van der Waals surface area contributed by atoms with Gasteiger partial charge in [-0.2, -0.15) is 0 Å². The zero-order valence-electron chi connectivity index (χ0n) is 15.8. The number of hydrogen-bond donors (Lipinski definition) is 2. The van der Waals surface area contributed by atoms with Crippen LogP contribution in [0.1, 0.15) is 20.9 Å². The number of nitrogens with one attached hydrogen (secondary N) is 2. The molecule has 0 radical (unpaired) electrons. The molecule has 1 aromatic carbocycles. The summed E-state index contributed by atoms with van der Waals surface area (Å²) < 4.78 is 10.1. The lowest BCUT2D eigenvalue weighted by atomic mass is 10.2. The normalized spacial score (nSPS) is 13.6. The van der Waals surface area contributed by atoms with Crippen LogP contribution in [0, 0.1) is 0 Å². The summed E-state index contributed by atoms with van der Waals surface area (Å²) in [6.07, 6.45) is 3.59. The van der Waals surface area contributed by atoms with E-state index in [4.69, 9.17) is 9.15 Å². The second-order valence-electron chi connectivity index (χ2n) is 6.59. The Bertz CT molecular complexity index is 998. The fraction of sp³-hybridized carbons (Fsp3) is 0.250. The lowest BCUT2D eigenvalue weighted by molar-refractivity contribution is -0.117. The number of rotatable bonds is 6. The zero-order chi connectivity index (χ0) is 20.2. The molecule has 0 saturated carbocycles. The molecule has 2 aromatic heterocycles. The van der Waals surface area contributed by atoms with Crippen molar-refractivity contribution in [1.82, 2.24) is 9.88 Å². The minimum Gasteiger partial charge on any atom is -0.497 e. The van der Waals surface area contributed by atoms with E-state index in [1.165, 1.54) is 23.9 Å². The van der Waals surface area contributed by atoms with Gasteiger partial charge in [0.2, 0.25) is 5.91 Å². The Morgan fingerprint density at radius 1 is 1.24 bits per heavy atom. The van der Waals surface area contributed by atoms with Gasteiger partial charge in [-0.05, 0) is 30.3 Å². The third-order valence-corrected chi connectivity index (χ3v) is 5.55. The first-order chi connectivity index (χ1) is 14.1.